The minimum absolute atomic E-state index is 0.229. The topological polar surface area (TPSA) is 55.8 Å². The van der Waals surface area contributed by atoms with Crippen LogP contribution in [0.3, 0.4) is 0 Å². The maximum absolute atomic E-state index is 12.4. The van der Waals surface area contributed by atoms with E-state index in [0.29, 0.717) is 17.9 Å². The molecule has 3 aromatic carbocycles. The van der Waals surface area contributed by atoms with E-state index in [-0.39, 0.29) is 5.75 Å². The molecule has 0 unspecified atom stereocenters. The van der Waals surface area contributed by atoms with Crippen molar-refractivity contribution in [2.75, 3.05) is 6.61 Å². The number of unbranched alkanes of at least 4 members (excludes halogenated alkanes) is 3. The number of carbonyl (C=O) groups excluding carboxylic acids is 1. The second-order valence-corrected chi connectivity index (χ2v) is 6.89. The summed E-state index contributed by atoms with van der Waals surface area (Å²) in [5.74, 6) is 1.06. The summed E-state index contributed by atoms with van der Waals surface area (Å²) in [6.07, 6.45) is 4.64. The van der Waals surface area contributed by atoms with Crippen LogP contribution in [-0.2, 0) is 0 Å². The van der Waals surface area contributed by atoms with Crippen LogP contribution in [0.2, 0.25) is 0 Å². The van der Waals surface area contributed by atoms with Gasteiger partial charge in [-0.15, -0.1) is 0 Å². The lowest BCUT2D eigenvalue weighted by molar-refractivity contribution is 0.0734. The number of ether oxygens (including phenoxy) is 2. The summed E-state index contributed by atoms with van der Waals surface area (Å²) in [5, 5.41) is 9.38. The van der Waals surface area contributed by atoms with Gasteiger partial charge in [-0.3, -0.25) is 0 Å². The molecule has 0 heterocycles. The third-order valence-electron chi connectivity index (χ3n) is 4.62. The van der Waals surface area contributed by atoms with E-state index in [1.807, 2.05) is 24.3 Å². The van der Waals surface area contributed by atoms with Crippen molar-refractivity contribution in [3.63, 3.8) is 0 Å². The fourth-order valence-corrected chi connectivity index (χ4v) is 2.94. The predicted octanol–water partition coefficient (Wildman–Crippen LogP) is 6.24. The molecule has 0 fully saturated rings. The number of carbonyl (C=O) groups is 1. The first-order chi connectivity index (χ1) is 14.2. The second-order valence-electron chi connectivity index (χ2n) is 6.89. The molecule has 0 aliphatic carbocycles. The number of hydrogen-bond donors (Lipinski definition) is 1. The maximum Gasteiger partial charge on any atom is 0.343 e. The predicted molar refractivity (Wildman–Crippen MR) is 115 cm³/mol. The van der Waals surface area contributed by atoms with E-state index in [2.05, 4.69) is 6.92 Å². The third-order valence-corrected chi connectivity index (χ3v) is 4.62. The molecule has 3 rings (SSSR count). The molecule has 0 amide bonds. The molecule has 4 heteroatoms. The third kappa shape index (κ3) is 6.11. The van der Waals surface area contributed by atoms with E-state index in [1.165, 1.54) is 19.3 Å². The number of esters is 1. The smallest absolute Gasteiger partial charge is 0.343 e. The molecule has 0 aromatic heterocycles. The first kappa shape index (κ1) is 20.5. The zero-order valence-electron chi connectivity index (χ0n) is 16.6. The number of hydrogen-bond acceptors (Lipinski definition) is 4. The molecular weight excluding hydrogens is 364 g/mol. The van der Waals surface area contributed by atoms with Crippen LogP contribution in [0, 0.1) is 0 Å². The molecule has 0 saturated carbocycles. The van der Waals surface area contributed by atoms with Gasteiger partial charge in [-0.2, -0.15) is 0 Å². The molecule has 150 valence electrons. The lowest BCUT2D eigenvalue weighted by Crippen LogP contribution is -2.08. The van der Waals surface area contributed by atoms with Gasteiger partial charge in [-0.05, 0) is 66.1 Å². The summed E-state index contributed by atoms with van der Waals surface area (Å²) < 4.78 is 11.2. The first-order valence-electron chi connectivity index (χ1n) is 10.00. The van der Waals surface area contributed by atoms with Crippen molar-refractivity contribution in [3.05, 3.63) is 78.4 Å². The average molecular weight is 390 g/mol. The summed E-state index contributed by atoms with van der Waals surface area (Å²) in [5.41, 5.74) is 2.43. The van der Waals surface area contributed by atoms with Crippen LogP contribution in [0.25, 0.3) is 11.1 Å². The fraction of sp³-hybridized carbons (Fsp3) is 0.240. The molecule has 0 atom stereocenters. The Hall–Kier alpha value is -3.27. The van der Waals surface area contributed by atoms with Crippen LogP contribution in [0.5, 0.6) is 17.2 Å². The highest BCUT2D eigenvalue weighted by atomic mass is 16.5. The Labute approximate surface area is 171 Å². The number of rotatable bonds is 9. The number of benzene rings is 3. The molecule has 3 aromatic rings. The molecule has 0 bridgehead atoms. The van der Waals surface area contributed by atoms with E-state index >= 15 is 0 Å². The number of phenols is 1. The molecule has 0 radical (unpaired) electrons. The Bertz CT molecular complexity index is 897. The van der Waals surface area contributed by atoms with Crippen molar-refractivity contribution < 1.29 is 19.4 Å². The minimum atomic E-state index is -0.406. The van der Waals surface area contributed by atoms with Gasteiger partial charge in [-0.1, -0.05) is 50.5 Å². The van der Waals surface area contributed by atoms with Crippen LogP contribution >= 0.6 is 0 Å². The molecule has 0 spiro atoms. The molecule has 0 aliphatic heterocycles. The van der Waals surface area contributed by atoms with Gasteiger partial charge >= 0.3 is 5.97 Å². The van der Waals surface area contributed by atoms with E-state index in [9.17, 15) is 9.90 Å². The van der Waals surface area contributed by atoms with E-state index < -0.39 is 5.97 Å². The summed E-state index contributed by atoms with van der Waals surface area (Å²) in [4.78, 5) is 12.4. The Balaban J connectivity index is 1.53. The lowest BCUT2D eigenvalue weighted by atomic mass is 10.1. The van der Waals surface area contributed by atoms with Gasteiger partial charge in [0.1, 0.15) is 17.2 Å². The molecule has 1 N–H and O–H groups in total. The van der Waals surface area contributed by atoms with Crippen LogP contribution < -0.4 is 9.47 Å². The quantitative estimate of drug-likeness (QED) is 0.267. The van der Waals surface area contributed by atoms with Gasteiger partial charge in [0.05, 0.1) is 12.2 Å². The Kier molecular flexibility index (Phi) is 7.28. The van der Waals surface area contributed by atoms with Crippen LogP contribution in [0.1, 0.15) is 43.0 Å². The zero-order chi connectivity index (χ0) is 20.5. The SMILES string of the molecule is CCCCCCOc1ccc(C(=O)Oc2ccc(-c3ccc(O)cc3)cc2)cc1. The van der Waals surface area contributed by atoms with Crippen molar-refractivity contribution in [3.8, 4) is 28.4 Å². The average Bonchev–Trinajstić information content (AvgIpc) is 2.75. The highest BCUT2D eigenvalue weighted by Crippen LogP contribution is 2.24. The van der Waals surface area contributed by atoms with E-state index in [4.69, 9.17) is 9.47 Å². The van der Waals surface area contributed by atoms with Gasteiger partial charge in [0.25, 0.3) is 0 Å². The molecule has 0 saturated heterocycles. The Morgan fingerprint density at radius 2 is 1.34 bits per heavy atom. The number of phenolic OH excluding ortho intramolecular Hbond substituents is 1. The van der Waals surface area contributed by atoms with Crippen molar-refractivity contribution in [1.29, 1.82) is 0 Å². The van der Waals surface area contributed by atoms with E-state index in [0.717, 1.165) is 23.3 Å². The summed E-state index contributed by atoms with van der Waals surface area (Å²) in [7, 11) is 0. The first-order valence-corrected chi connectivity index (χ1v) is 10.00. The Morgan fingerprint density at radius 3 is 1.97 bits per heavy atom. The number of aromatic hydroxyl groups is 1. The van der Waals surface area contributed by atoms with E-state index in [1.54, 1.807) is 48.5 Å². The summed E-state index contributed by atoms with van der Waals surface area (Å²) >= 11 is 0. The standard InChI is InChI=1S/C25H26O4/c1-2-3-4-5-18-28-23-14-10-21(11-15-23)25(27)29-24-16-8-20(9-17-24)19-6-12-22(26)13-7-19/h6-17,26H,2-5,18H2,1H3. The summed E-state index contributed by atoms with van der Waals surface area (Å²) in [6, 6.07) is 21.3. The van der Waals surface area contributed by atoms with Crippen molar-refractivity contribution >= 4 is 5.97 Å². The van der Waals surface area contributed by atoms with Gasteiger partial charge in [0, 0.05) is 0 Å². The lowest BCUT2D eigenvalue weighted by Gasteiger charge is -2.08. The highest BCUT2D eigenvalue weighted by Gasteiger charge is 2.09. The van der Waals surface area contributed by atoms with Crippen LogP contribution in [0.4, 0.5) is 0 Å². The van der Waals surface area contributed by atoms with Gasteiger partial charge < -0.3 is 14.6 Å². The van der Waals surface area contributed by atoms with Gasteiger partial charge in [0.15, 0.2) is 0 Å². The van der Waals surface area contributed by atoms with Crippen molar-refractivity contribution in [2.24, 2.45) is 0 Å². The molecule has 0 aliphatic rings. The largest absolute Gasteiger partial charge is 0.508 e. The fourth-order valence-electron chi connectivity index (χ4n) is 2.94. The van der Waals surface area contributed by atoms with Crippen molar-refractivity contribution in [2.45, 2.75) is 32.6 Å². The maximum atomic E-state index is 12.4. The summed E-state index contributed by atoms with van der Waals surface area (Å²) in [6.45, 7) is 2.87. The molecular formula is C25H26O4. The second kappa shape index (κ2) is 10.3. The van der Waals surface area contributed by atoms with Crippen LogP contribution in [0.15, 0.2) is 72.8 Å². The Morgan fingerprint density at radius 1 is 0.759 bits per heavy atom. The molecule has 29 heavy (non-hydrogen) atoms. The van der Waals surface area contributed by atoms with Gasteiger partial charge in [-0.25, -0.2) is 4.79 Å². The van der Waals surface area contributed by atoms with Crippen molar-refractivity contribution in [1.82, 2.24) is 0 Å². The zero-order valence-corrected chi connectivity index (χ0v) is 16.6. The minimum Gasteiger partial charge on any atom is -0.508 e. The molecule has 4 nitrogen and oxygen atoms in total. The normalized spacial score (nSPS) is 10.5. The monoisotopic (exact) mass is 390 g/mol. The van der Waals surface area contributed by atoms with Gasteiger partial charge in [0.2, 0.25) is 0 Å². The van der Waals surface area contributed by atoms with Crippen LogP contribution in [-0.4, -0.2) is 17.7 Å². The highest BCUT2D eigenvalue weighted by molar-refractivity contribution is 5.91.